The highest BCUT2D eigenvalue weighted by molar-refractivity contribution is 7.90. The minimum atomic E-state index is -3.63. The van der Waals surface area contributed by atoms with Crippen LogP contribution in [0.25, 0.3) is 0 Å². The molecule has 1 rings (SSSR count). The van der Waals surface area contributed by atoms with Crippen LogP contribution in [0.2, 0.25) is 10.0 Å². The van der Waals surface area contributed by atoms with Gasteiger partial charge in [0.2, 0.25) is 0 Å². The molecule has 0 saturated carbocycles. The third-order valence-electron chi connectivity index (χ3n) is 1.50. The zero-order chi connectivity index (χ0) is 12.2. The van der Waals surface area contributed by atoms with E-state index in [4.69, 9.17) is 34.8 Å². The van der Waals surface area contributed by atoms with Crippen LogP contribution in [0.3, 0.4) is 0 Å². The second-order valence-electron chi connectivity index (χ2n) is 2.85. The van der Waals surface area contributed by atoms with Crippen LogP contribution in [-0.4, -0.2) is 20.8 Å². The van der Waals surface area contributed by atoms with Crippen LogP contribution in [-0.2, 0) is 10.2 Å². The summed E-state index contributed by atoms with van der Waals surface area (Å²) in [5, 5.41) is 0.699. The van der Waals surface area contributed by atoms with Crippen molar-refractivity contribution in [2.24, 2.45) is 0 Å². The van der Waals surface area contributed by atoms with E-state index in [-0.39, 0.29) is 12.4 Å². The molecule has 2 N–H and O–H groups in total. The summed E-state index contributed by atoms with van der Waals surface area (Å²) in [5.74, 6) is 0.192. The Balaban J connectivity index is 2.80. The maximum absolute atomic E-state index is 11.4. The number of rotatable bonds is 5. The molecule has 1 aromatic rings. The summed E-state index contributed by atoms with van der Waals surface area (Å²) in [6.07, 6.45) is 0. The van der Waals surface area contributed by atoms with Gasteiger partial charge in [-0.1, -0.05) is 23.2 Å². The first-order valence-corrected chi connectivity index (χ1v) is 7.00. The Hall–Kier alpha value is -0.200. The quantitative estimate of drug-likeness (QED) is 0.821. The summed E-state index contributed by atoms with van der Waals surface area (Å²) in [5.41, 5.74) is 0.291. The first-order chi connectivity index (χ1) is 7.43. The van der Waals surface area contributed by atoms with Gasteiger partial charge in [-0.3, -0.25) is 4.72 Å². The number of halogens is 3. The van der Waals surface area contributed by atoms with E-state index in [0.717, 1.165) is 0 Å². The van der Waals surface area contributed by atoms with E-state index in [1.54, 1.807) is 0 Å². The molecular weight excluding hydrogens is 295 g/mol. The standard InChI is InChI=1S/C8H9Cl3N2O2S/c9-1-2-12-16(14,15)13-8-4-6(10)3-7(11)5-8/h3-5,12-13H,1-2H2. The molecule has 0 atom stereocenters. The number of benzene rings is 1. The van der Waals surface area contributed by atoms with Crippen molar-refractivity contribution in [2.45, 2.75) is 0 Å². The van der Waals surface area contributed by atoms with Crippen molar-refractivity contribution in [1.82, 2.24) is 4.72 Å². The number of hydrogen-bond donors (Lipinski definition) is 2. The summed E-state index contributed by atoms with van der Waals surface area (Å²) >= 11 is 16.8. The topological polar surface area (TPSA) is 58.2 Å². The Bertz CT molecular complexity index is 444. The average Bonchev–Trinajstić information content (AvgIpc) is 2.12. The van der Waals surface area contributed by atoms with Gasteiger partial charge in [0.1, 0.15) is 0 Å². The van der Waals surface area contributed by atoms with Gasteiger partial charge in [0.15, 0.2) is 0 Å². The highest BCUT2D eigenvalue weighted by Crippen LogP contribution is 2.22. The lowest BCUT2D eigenvalue weighted by atomic mass is 10.3. The molecule has 4 nitrogen and oxygen atoms in total. The minimum absolute atomic E-state index is 0.144. The molecule has 0 aliphatic rings. The van der Waals surface area contributed by atoms with E-state index in [1.807, 2.05) is 0 Å². The van der Waals surface area contributed by atoms with E-state index >= 15 is 0 Å². The van der Waals surface area contributed by atoms with Crippen LogP contribution >= 0.6 is 34.8 Å². The number of hydrogen-bond acceptors (Lipinski definition) is 2. The SMILES string of the molecule is O=S(=O)(NCCCl)Nc1cc(Cl)cc(Cl)c1. The molecule has 0 heterocycles. The van der Waals surface area contributed by atoms with Crippen LogP contribution in [0.5, 0.6) is 0 Å². The summed E-state index contributed by atoms with van der Waals surface area (Å²) in [6, 6.07) is 4.41. The molecule has 0 unspecified atom stereocenters. The average molecular weight is 304 g/mol. The zero-order valence-corrected chi connectivity index (χ0v) is 11.1. The first kappa shape index (κ1) is 13.9. The Morgan fingerprint density at radius 1 is 1.12 bits per heavy atom. The molecule has 90 valence electrons. The van der Waals surface area contributed by atoms with Crippen molar-refractivity contribution in [3.63, 3.8) is 0 Å². The van der Waals surface area contributed by atoms with Crippen molar-refractivity contribution in [2.75, 3.05) is 17.1 Å². The van der Waals surface area contributed by atoms with Gasteiger partial charge < -0.3 is 0 Å². The van der Waals surface area contributed by atoms with Gasteiger partial charge in [-0.25, -0.2) is 0 Å². The van der Waals surface area contributed by atoms with E-state index in [1.165, 1.54) is 18.2 Å². The smallest absolute Gasteiger partial charge is 0.271 e. The molecule has 0 radical (unpaired) electrons. The number of nitrogens with one attached hydrogen (secondary N) is 2. The molecule has 0 aliphatic heterocycles. The van der Waals surface area contributed by atoms with E-state index in [0.29, 0.717) is 15.7 Å². The van der Waals surface area contributed by atoms with Crippen molar-refractivity contribution < 1.29 is 8.42 Å². The van der Waals surface area contributed by atoms with E-state index < -0.39 is 10.2 Å². The van der Waals surface area contributed by atoms with Crippen LogP contribution in [0.1, 0.15) is 0 Å². The summed E-state index contributed by atoms with van der Waals surface area (Å²) in [7, 11) is -3.63. The van der Waals surface area contributed by atoms with Gasteiger partial charge >= 0.3 is 0 Å². The Morgan fingerprint density at radius 2 is 1.69 bits per heavy atom. The second-order valence-corrected chi connectivity index (χ2v) is 5.60. The highest BCUT2D eigenvalue weighted by Gasteiger charge is 2.09. The summed E-state index contributed by atoms with van der Waals surface area (Å²) in [4.78, 5) is 0. The summed E-state index contributed by atoms with van der Waals surface area (Å²) < 4.78 is 27.3. The molecule has 0 amide bonds. The van der Waals surface area contributed by atoms with Gasteiger partial charge in [-0.15, -0.1) is 11.6 Å². The van der Waals surface area contributed by atoms with Gasteiger partial charge in [-0.05, 0) is 18.2 Å². The lowest BCUT2D eigenvalue weighted by Crippen LogP contribution is -2.31. The normalized spacial score (nSPS) is 11.4. The number of alkyl halides is 1. The molecule has 0 aliphatic carbocycles. The van der Waals surface area contributed by atoms with E-state index in [9.17, 15) is 8.42 Å². The maximum atomic E-state index is 11.4. The molecule has 1 aromatic carbocycles. The zero-order valence-electron chi connectivity index (χ0n) is 8.00. The van der Waals surface area contributed by atoms with Crippen molar-refractivity contribution in [1.29, 1.82) is 0 Å². The Kier molecular flexibility index (Phi) is 5.14. The molecule has 0 fully saturated rings. The van der Waals surface area contributed by atoms with Gasteiger partial charge in [-0.2, -0.15) is 13.1 Å². The van der Waals surface area contributed by atoms with Gasteiger partial charge in [0, 0.05) is 22.5 Å². The molecular formula is C8H9Cl3N2O2S. The largest absolute Gasteiger partial charge is 0.299 e. The second kappa shape index (κ2) is 5.93. The van der Waals surface area contributed by atoms with Crippen LogP contribution in [0.4, 0.5) is 5.69 Å². The molecule has 0 saturated heterocycles. The molecule has 16 heavy (non-hydrogen) atoms. The third-order valence-corrected chi connectivity index (χ3v) is 3.22. The Morgan fingerprint density at radius 3 is 2.19 bits per heavy atom. The lowest BCUT2D eigenvalue weighted by molar-refractivity contribution is 0.589. The fourth-order valence-electron chi connectivity index (χ4n) is 0.977. The fraction of sp³-hybridized carbons (Fsp3) is 0.250. The summed E-state index contributed by atoms with van der Waals surface area (Å²) in [6.45, 7) is 0.144. The molecule has 8 heteroatoms. The van der Waals surface area contributed by atoms with Gasteiger partial charge in [0.25, 0.3) is 10.2 Å². The minimum Gasteiger partial charge on any atom is -0.271 e. The molecule has 0 bridgehead atoms. The number of anilines is 1. The third kappa shape index (κ3) is 4.76. The van der Waals surface area contributed by atoms with Crippen LogP contribution in [0, 0.1) is 0 Å². The Labute approximate surface area is 109 Å². The predicted molar refractivity (Wildman–Crippen MR) is 67.7 cm³/mol. The maximum Gasteiger partial charge on any atom is 0.299 e. The van der Waals surface area contributed by atoms with E-state index in [2.05, 4.69) is 9.44 Å². The first-order valence-electron chi connectivity index (χ1n) is 4.22. The monoisotopic (exact) mass is 302 g/mol. The molecule has 0 spiro atoms. The fourth-order valence-corrected chi connectivity index (χ4v) is 2.58. The van der Waals surface area contributed by atoms with Crippen LogP contribution < -0.4 is 9.44 Å². The van der Waals surface area contributed by atoms with Crippen molar-refractivity contribution in [3.05, 3.63) is 28.2 Å². The van der Waals surface area contributed by atoms with Crippen molar-refractivity contribution in [3.8, 4) is 0 Å². The van der Waals surface area contributed by atoms with Gasteiger partial charge in [0.05, 0.1) is 5.69 Å². The van der Waals surface area contributed by atoms with Crippen LogP contribution in [0.15, 0.2) is 18.2 Å². The lowest BCUT2D eigenvalue weighted by Gasteiger charge is -2.08. The molecule has 0 aromatic heterocycles. The highest BCUT2D eigenvalue weighted by atomic mass is 35.5. The predicted octanol–water partition coefficient (Wildman–Crippen LogP) is 2.48. The van der Waals surface area contributed by atoms with Crippen molar-refractivity contribution >= 4 is 50.7 Å².